The Balaban J connectivity index is 0.00000169. The Morgan fingerprint density at radius 2 is 2.43 bits per heavy atom. The molecule has 0 spiro atoms. The first-order valence-electron chi connectivity index (χ1n) is 3.80. The number of allylic oxidation sites excluding steroid dienone is 1. The van der Waals surface area contributed by atoms with Crippen LogP contribution in [0.2, 0.25) is 0 Å². The van der Waals surface area contributed by atoms with E-state index < -0.39 is 5.97 Å². The van der Waals surface area contributed by atoms with Crippen molar-refractivity contribution in [3.8, 4) is 0 Å². The number of carboxylic acids is 1. The van der Waals surface area contributed by atoms with Crippen molar-refractivity contribution in [3.05, 3.63) is 17.2 Å². The average Bonchev–Trinajstić information content (AvgIpc) is 2.46. The Hall–Kier alpha value is -1.07. The van der Waals surface area contributed by atoms with Gasteiger partial charge >= 0.3 is 5.97 Å². The van der Waals surface area contributed by atoms with Crippen LogP contribution in [0.1, 0.15) is 19.0 Å². The number of nitrogens with zero attached hydrogens (tertiary/aromatic N) is 1. The molecule has 0 amide bonds. The third kappa shape index (κ3) is 3.01. The molecule has 1 heterocycles. The number of aromatic nitrogens is 1. The topological polar surface area (TPSA) is 76.2 Å². The summed E-state index contributed by atoms with van der Waals surface area (Å²) in [7, 11) is 0. The third-order valence-electron chi connectivity index (χ3n) is 1.44. The molecule has 0 saturated heterocycles. The summed E-state index contributed by atoms with van der Waals surface area (Å²) in [5.41, 5.74) is 6.06. The summed E-state index contributed by atoms with van der Waals surface area (Å²) < 4.78 is 0. The number of carbonyl (C=O) groups is 1. The number of anilines is 1. The van der Waals surface area contributed by atoms with Gasteiger partial charge in [0.1, 0.15) is 0 Å². The van der Waals surface area contributed by atoms with Crippen LogP contribution in [0.3, 0.4) is 0 Å². The standard InChI is InChI=1S/C8H10N2O2S.ClH/c1-2-3-5(7(11)12)6-4-13-8(9)10-6;/h3-4H,2H2,1H3,(H2,9,10)(H,11,12);1H/b5-3-;. The van der Waals surface area contributed by atoms with Crippen molar-refractivity contribution >= 4 is 40.4 Å². The van der Waals surface area contributed by atoms with Crippen molar-refractivity contribution in [1.29, 1.82) is 0 Å². The van der Waals surface area contributed by atoms with Crippen molar-refractivity contribution in [2.75, 3.05) is 5.73 Å². The number of halogens is 1. The van der Waals surface area contributed by atoms with Gasteiger partial charge in [0.15, 0.2) is 5.13 Å². The SMILES string of the molecule is CC/C=C(\C(=O)O)c1csc(N)n1.Cl. The molecular formula is C8H11ClN2O2S. The highest BCUT2D eigenvalue weighted by Crippen LogP contribution is 2.19. The van der Waals surface area contributed by atoms with Crippen molar-refractivity contribution in [3.63, 3.8) is 0 Å². The molecule has 0 radical (unpaired) electrons. The number of nitrogens with two attached hydrogens (primary N) is 1. The second-order valence-corrected chi connectivity index (χ2v) is 3.29. The van der Waals surface area contributed by atoms with E-state index in [1.165, 1.54) is 11.3 Å². The van der Waals surface area contributed by atoms with E-state index in [4.69, 9.17) is 10.8 Å². The Labute approximate surface area is 91.9 Å². The minimum absolute atomic E-state index is 0. The van der Waals surface area contributed by atoms with Gasteiger partial charge < -0.3 is 10.8 Å². The van der Waals surface area contributed by atoms with Crippen LogP contribution in [0.4, 0.5) is 5.13 Å². The summed E-state index contributed by atoms with van der Waals surface area (Å²) >= 11 is 1.24. The number of hydrogen-bond acceptors (Lipinski definition) is 4. The van der Waals surface area contributed by atoms with E-state index in [-0.39, 0.29) is 18.0 Å². The van der Waals surface area contributed by atoms with Gasteiger partial charge in [0, 0.05) is 5.38 Å². The summed E-state index contributed by atoms with van der Waals surface area (Å²) in [6.45, 7) is 1.87. The molecular weight excluding hydrogens is 224 g/mol. The molecule has 0 saturated carbocycles. The van der Waals surface area contributed by atoms with Gasteiger partial charge in [-0.25, -0.2) is 9.78 Å². The van der Waals surface area contributed by atoms with E-state index in [1.807, 2.05) is 6.92 Å². The molecule has 0 aliphatic heterocycles. The monoisotopic (exact) mass is 234 g/mol. The average molecular weight is 235 g/mol. The molecule has 0 aliphatic rings. The van der Waals surface area contributed by atoms with Crippen LogP contribution in [-0.4, -0.2) is 16.1 Å². The lowest BCUT2D eigenvalue weighted by Gasteiger charge is -1.95. The van der Waals surface area contributed by atoms with Crippen LogP contribution in [0.5, 0.6) is 0 Å². The highest BCUT2D eigenvalue weighted by atomic mass is 35.5. The van der Waals surface area contributed by atoms with Crippen LogP contribution in [0, 0.1) is 0 Å². The van der Waals surface area contributed by atoms with Gasteiger partial charge in [-0.1, -0.05) is 13.0 Å². The van der Waals surface area contributed by atoms with Gasteiger partial charge in [0.05, 0.1) is 11.3 Å². The first kappa shape index (κ1) is 12.9. The summed E-state index contributed by atoms with van der Waals surface area (Å²) in [4.78, 5) is 14.7. The van der Waals surface area contributed by atoms with E-state index in [0.717, 1.165) is 0 Å². The van der Waals surface area contributed by atoms with E-state index in [2.05, 4.69) is 4.98 Å². The van der Waals surface area contributed by atoms with Crippen LogP contribution in [0.15, 0.2) is 11.5 Å². The first-order valence-corrected chi connectivity index (χ1v) is 4.68. The van der Waals surface area contributed by atoms with Gasteiger partial charge in [0.2, 0.25) is 0 Å². The largest absolute Gasteiger partial charge is 0.478 e. The van der Waals surface area contributed by atoms with Crippen molar-refractivity contribution in [2.24, 2.45) is 0 Å². The molecule has 0 bridgehead atoms. The summed E-state index contributed by atoms with van der Waals surface area (Å²) in [5, 5.41) is 10.9. The lowest BCUT2D eigenvalue weighted by molar-refractivity contribution is -0.130. The maximum atomic E-state index is 10.8. The van der Waals surface area contributed by atoms with Gasteiger partial charge in [-0.2, -0.15) is 0 Å². The number of hydrogen-bond donors (Lipinski definition) is 2. The van der Waals surface area contributed by atoms with Gasteiger partial charge in [-0.05, 0) is 6.42 Å². The smallest absolute Gasteiger partial charge is 0.337 e. The lowest BCUT2D eigenvalue weighted by atomic mass is 10.2. The van der Waals surface area contributed by atoms with Crippen LogP contribution in [0.25, 0.3) is 5.57 Å². The number of carboxylic acid groups (broad SMARTS) is 1. The highest BCUT2D eigenvalue weighted by molar-refractivity contribution is 7.13. The zero-order chi connectivity index (χ0) is 9.84. The summed E-state index contributed by atoms with van der Waals surface area (Å²) in [6, 6.07) is 0. The maximum absolute atomic E-state index is 10.8. The highest BCUT2D eigenvalue weighted by Gasteiger charge is 2.12. The number of rotatable bonds is 3. The molecule has 0 fully saturated rings. The van der Waals surface area contributed by atoms with E-state index in [9.17, 15) is 4.79 Å². The van der Waals surface area contributed by atoms with Gasteiger partial charge in [0.25, 0.3) is 0 Å². The summed E-state index contributed by atoms with van der Waals surface area (Å²) in [5.74, 6) is -0.966. The Bertz CT molecular complexity index is 349. The van der Waals surface area contributed by atoms with Crippen molar-refractivity contribution in [1.82, 2.24) is 4.98 Å². The second kappa shape index (κ2) is 5.62. The van der Waals surface area contributed by atoms with E-state index >= 15 is 0 Å². The van der Waals surface area contributed by atoms with Crippen LogP contribution >= 0.6 is 23.7 Å². The molecule has 78 valence electrons. The van der Waals surface area contributed by atoms with E-state index in [1.54, 1.807) is 11.5 Å². The van der Waals surface area contributed by atoms with Crippen molar-refractivity contribution in [2.45, 2.75) is 13.3 Å². The third-order valence-corrected chi connectivity index (χ3v) is 2.11. The molecule has 6 heteroatoms. The maximum Gasteiger partial charge on any atom is 0.337 e. The molecule has 1 aromatic rings. The molecule has 0 aromatic carbocycles. The molecule has 1 rings (SSSR count). The molecule has 14 heavy (non-hydrogen) atoms. The Kier molecular flexibility index (Phi) is 5.19. The van der Waals surface area contributed by atoms with E-state index in [0.29, 0.717) is 17.2 Å². The van der Waals surface area contributed by atoms with Crippen molar-refractivity contribution < 1.29 is 9.90 Å². The number of nitrogen functional groups attached to an aromatic ring is 1. The molecule has 0 atom stereocenters. The normalized spacial score (nSPS) is 10.8. The first-order chi connectivity index (χ1) is 6.15. The van der Waals surface area contributed by atoms with Gasteiger partial charge in [-0.3, -0.25) is 0 Å². The fourth-order valence-corrected chi connectivity index (χ4v) is 1.48. The Morgan fingerprint density at radius 1 is 1.79 bits per heavy atom. The fraction of sp³-hybridized carbons (Fsp3) is 0.250. The minimum atomic E-state index is -0.966. The number of thiazole rings is 1. The molecule has 4 nitrogen and oxygen atoms in total. The zero-order valence-corrected chi connectivity index (χ0v) is 9.19. The number of aliphatic carboxylic acids is 1. The molecule has 0 unspecified atom stereocenters. The van der Waals surface area contributed by atoms with Gasteiger partial charge in [-0.15, -0.1) is 23.7 Å². The lowest BCUT2D eigenvalue weighted by Crippen LogP contribution is -2.00. The molecule has 1 aromatic heterocycles. The molecule has 0 aliphatic carbocycles. The second-order valence-electron chi connectivity index (χ2n) is 2.40. The molecule has 3 N–H and O–H groups in total. The Morgan fingerprint density at radius 3 is 2.79 bits per heavy atom. The van der Waals surface area contributed by atoms with Crippen LogP contribution in [-0.2, 0) is 4.79 Å². The van der Waals surface area contributed by atoms with Crippen LogP contribution < -0.4 is 5.73 Å². The zero-order valence-electron chi connectivity index (χ0n) is 7.56. The predicted octanol–water partition coefficient (Wildman–Crippen LogP) is 2.03. The predicted molar refractivity (Wildman–Crippen MR) is 59.7 cm³/mol. The quantitative estimate of drug-likeness (QED) is 0.785. The summed E-state index contributed by atoms with van der Waals surface area (Å²) in [6.07, 6.45) is 2.29. The minimum Gasteiger partial charge on any atom is -0.478 e. The fourth-order valence-electron chi connectivity index (χ4n) is 0.917.